The number of ether oxygens (including phenoxy) is 1. The minimum absolute atomic E-state index is 0.522. The highest BCUT2D eigenvalue weighted by Crippen LogP contribution is 2.39. The number of anilines is 2. The summed E-state index contributed by atoms with van der Waals surface area (Å²) in [5.74, 6) is 9.18. The molecule has 2 aliphatic rings. The fourth-order valence-electron chi connectivity index (χ4n) is 2.68. The highest BCUT2D eigenvalue weighted by molar-refractivity contribution is 5.49. The number of nitrogens with zero attached hydrogens (tertiary/aromatic N) is 3. The number of nitrogens with two attached hydrogens (primary N) is 1. The van der Waals surface area contributed by atoms with Crippen molar-refractivity contribution in [3.63, 3.8) is 0 Å². The molecular formula is C14H23N5O. The van der Waals surface area contributed by atoms with Crippen molar-refractivity contribution < 1.29 is 4.74 Å². The molecule has 0 bridgehead atoms. The zero-order chi connectivity index (χ0) is 13.9. The van der Waals surface area contributed by atoms with E-state index >= 15 is 0 Å². The molecule has 0 amide bonds. The zero-order valence-corrected chi connectivity index (χ0v) is 12.0. The van der Waals surface area contributed by atoms with E-state index in [0.717, 1.165) is 37.8 Å². The Hall–Kier alpha value is -1.40. The number of aromatic nitrogens is 2. The van der Waals surface area contributed by atoms with Crippen LogP contribution in [0.15, 0.2) is 6.07 Å². The molecule has 6 heteroatoms. The van der Waals surface area contributed by atoms with Gasteiger partial charge < -0.3 is 15.1 Å². The van der Waals surface area contributed by atoms with Gasteiger partial charge in [0.2, 0.25) is 0 Å². The van der Waals surface area contributed by atoms with Gasteiger partial charge in [-0.25, -0.2) is 15.8 Å². The lowest BCUT2D eigenvalue weighted by Gasteiger charge is -2.28. The van der Waals surface area contributed by atoms with Gasteiger partial charge in [0.05, 0.1) is 6.61 Å². The van der Waals surface area contributed by atoms with Crippen LogP contribution in [-0.4, -0.2) is 36.8 Å². The summed E-state index contributed by atoms with van der Waals surface area (Å²) in [6.07, 6.45) is 4.76. The second kappa shape index (κ2) is 5.93. The van der Waals surface area contributed by atoms with Gasteiger partial charge in [0.1, 0.15) is 17.5 Å². The topological polar surface area (TPSA) is 76.3 Å². The summed E-state index contributed by atoms with van der Waals surface area (Å²) in [7, 11) is 2.08. The summed E-state index contributed by atoms with van der Waals surface area (Å²) >= 11 is 0. The normalized spacial score (nSPS) is 22.6. The van der Waals surface area contributed by atoms with E-state index in [1.54, 1.807) is 0 Å². The first-order valence-corrected chi connectivity index (χ1v) is 7.40. The lowest BCUT2D eigenvalue weighted by Crippen LogP contribution is -2.31. The predicted molar refractivity (Wildman–Crippen MR) is 78.6 cm³/mol. The zero-order valence-electron chi connectivity index (χ0n) is 12.0. The Morgan fingerprint density at radius 2 is 2.25 bits per heavy atom. The predicted octanol–water partition coefficient (Wildman–Crippen LogP) is 1.50. The van der Waals surface area contributed by atoms with Gasteiger partial charge in [-0.1, -0.05) is 0 Å². The molecule has 2 fully saturated rings. The van der Waals surface area contributed by atoms with E-state index in [1.165, 1.54) is 19.3 Å². The summed E-state index contributed by atoms with van der Waals surface area (Å²) in [6.45, 7) is 2.72. The first-order valence-electron chi connectivity index (χ1n) is 7.40. The van der Waals surface area contributed by atoms with E-state index < -0.39 is 0 Å². The second-order valence-corrected chi connectivity index (χ2v) is 5.85. The molecular weight excluding hydrogens is 254 g/mol. The van der Waals surface area contributed by atoms with E-state index in [9.17, 15) is 0 Å². The molecule has 1 aliphatic carbocycles. The standard InChI is InChI=1S/C14H23N5O/c1-19(8-10-3-2-6-20-9-10)13-7-12(18-15)16-14(17-13)11-4-5-11/h7,10-11H,2-6,8-9,15H2,1H3,(H,16,17,18). The minimum atomic E-state index is 0.522. The van der Waals surface area contributed by atoms with Crippen LogP contribution in [0.1, 0.15) is 37.4 Å². The van der Waals surface area contributed by atoms with Crippen molar-refractivity contribution in [3.8, 4) is 0 Å². The van der Waals surface area contributed by atoms with Crippen molar-refractivity contribution in [2.75, 3.05) is 37.1 Å². The summed E-state index contributed by atoms with van der Waals surface area (Å²) in [6, 6.07) is 1.91. The molecule has 3 N–H and O–H groups in total. The van der Waals surface area contributed by atoms with E-state index in [2.05, 4.69) is 27.3 Å². The third kappa shape index (κ3) is 3.19. The van der Waals surface area contributed by atoms with Gasteiger partial charge in [-0.2, -0.15) is 0 Å². The molecule has 1 aromatic heterocycles. The second-order valence-electron chi connectivity index (χ2n) is 5.85. The van der Waals surface area contributed by atoms with Crippen molar-refractivity contribution in [3.05, 3.63) is 11.9 Å². The van der Waals surface area contributed by atoms with Crippen LogP contribution in [0.2, 0.25) is 0 Å². The molecule has 0 radical (unpaired) electrons. The van der Waals surface area contributed by atoms with Crippen LogP contribution in [0.4, 0.5) is 11.6 Å². The molecule has 1 unspecified atom stereocenters. The molecule has 1 atom stereocenters. The molecule has 6 nitrogen and oxygen atoms in total. The fraction of sp³-hybridized carbons (Fsp3) is 0.714. The van der Waals surface area contributed by atoms with Crippen molar-refractivity contribution in [2.45, 2.75) is 31.6 Å². The average molecular weight is 277 g/mol. The quantitative estimate of drug-likeness (QED) is 0.627. The number of hydrogen-bond acceptors (Lipinski definition) is 6. The van der Waals surface area contributed by atoms with Crippen LogP contribution in [0.5, 0.6) is 0 Å². The van der Waals surface area contributed by atoms with Gasteiger partial charge in [0.25, 0.3) is 0 Å². The van der Waals surface area contributed by atoms with E-state index in [4.69, 9.17) is 10.6 Å². The van der Waals surface area contributed by atoms with Gasteiger partial charge in [0.15, 0.2) is 0 Å². The molecule has 0 aromatic carbocycles. The van der Waals surface area contributed by atoms with Gasteiger partial charge >= 0.3 is 0 Å². The first kappa shape index (κ1) is 13.6. The molecule has 1 saturated heterocycles. The maximum Gasteiger partial charge on any atom is 0.145 e. The van der Waals surface area contributed by atoms with Crippen molar-refractivity contribution in [2.24, 2.45) is 11.8 Å². The summed E-state index contributed by atoms with van der Waals surface area (Å²) < 4.78 is 5.54. The Morgan fingerprint density at radius 1 is 1.40 bits per heavy atom. The van der Waals surface area contributed by atoms with Crippen molar-refractivity contribution in [1.82, 2.24) is 9.97 Å². The SMILES string of the molecule is CN(CC1CCCOC1)c1cc(NN)nc(C2CC2)n1. The largest absolute Gasteiger partial charge is 0.381 e. The number of rotatable bonds is 5. The average Bonchev–Trinajstić information content (AvgIpc) is 3.32. The monoisotopic (exact) mass is 277 g/mol. The van der Waals surface area contributed by atoms with Crippen LogP contribution in [0, 0.1) is 5.92 Å². The molecule has 20 heavy (non-hydrogen) atoms. The highest BCUT2D eigenvalue weighted by Gasteiger charge is 2.28. The summed E-state index contributed by atoms with van der Waals surface area (Å²) in [5.41, 5.74) is 2.65. The van der Waals surface area contributed by atoms with Gasteiger partial charge in [0, 0.05) is 32.2 Å². The lowest BCUT2D eigenvalue weighted by atomic mass is 10.0. The van der Waals surface area contributed by atoms with Gasteiger partial charge in [-0.05, 0) is 31.6 Å². The maximum absolute atomic E-state index is 5.54. The summed E-state index contributed by atoms with van der Waals surface area (Å²) in [5, 5.41) is 0. The molecule has 2 heterocycles. The molecule has 1 aliphatic heterocycles. The van der Waals surface area contributed by atoms with Gasteiger partial charge in [-0.15, -0.1) is 0 Å². The Labute approximate surface area is 119 Å². The smallest absolute Gasteiger partial charge is 0.145 e. The van der Waals surface area contributed by atoms with E-state index in [1.807, 2.05) is 6.07 Å². The fourth-order valence-corrected chi connectivity index (χ4v) is 2.68. The first-order chi connectivity index (χ1) is 9.76. The number of hydrazine groups is 1. The van der Waals surface area contributed by atoms with Crippen molar-refractivity contribution in [1.29, 1.82) is 0 Å². The molecule has 110 valence electrons. The number of hydrogen-bond donors (Lipinski definition) is 2. The summed E-state index contributed by atoms with van der Waals surface area (Å²) in [4.78, 5) is 11.3. The molecule has 3 rings (SSSR count). The Bertz CT molecular complexity index is 457. The maximum atomic E-state index is 5.54. The van der Waals surface area contributed by atoms with E-state index in [-0.39, 0.29) is 0 Å². The van der Waals surface area contributed by atoms with Crippen LogP contribution in [0.25, 0.3) is 0 Å². The minimum Gasteiger partial charge on any atom is -0.381 e. The third-order valence-corrected chi connectivity index (χ3v) is 4.00. The van der Waals surface area contributed by atoms with Crippen molar-refractivity contribution >= 4 is 11.6 Å². The Balaban J connectivity index is 1.72. The van der Waals surface area contributed by atoms with Crippen LogP contribution >= 0.6 is 0 Å². The molecule has 1 saturated carbocycles. The van der Waals surface area contributed by atoms with Crippen LogP contribution in [0.3, 0.4) is 0 Å². The molecule has 0 spiro atoms. The van der Waals surface area contributed by atoms with Crippen LogP contribution in [-0.2, 0) is 4.74 Å². The Kier molecular flexibility index (Phi) is 4.03. The van der Waals surface area contributed by atoms with Crippen LogP contribution < -0.4 is 16.2 Å². The van der Waals surface area contributed by atoms with Gasteiger partial charge in [-0.3, -0.25) is 0 Å². The third-order valence-electron chi connectivity index (χ3n) is 4.00. The molecule has 1 aromatic rings. The lowest BCUT2D eigenvalue weighted by molar-refractivity contribution is 0.0576. The number of nitrogen functional groups attached to an aromatic ring is 1. The Morgan fingerprint density at radius 3 is 2.90 bits per heavy atom. The highest BCUT2D eigenvalue weighted by atomic mass is 16.5. The van der Waals surface area contributed by atoms with E-state index in [0.29, 0.717) is 17.7 Å². The number of nitrogens with one attached hydrogen (secondary N) is 1.